The lowest BCUT2D eigenvalue weighted by molar-refractivity contribution is 0.102. The second-order valence-corrected chi connectivity index (χ2v) is 11.3. The Morgan fingerprint density at radius 2 is 1.70 bits per heavy atom. The van der Waals surface area contributed by atoms with Gasteiger partial charge in [-0.15, -0.1) is 0 Å². The molecular formula is C25H28N4O3S. The molecule has 0 spiro atoms. The summed E-state index contributed by atoms with van der Waals surface area (Å²) in [7, 11) is -2.35. The van der Waals surface area contributed by atoms with Crippen LogP contribution < -0.4 is 10.6 Å². The topological polar surface area (TPSA) is 107 Å². The zero-order valence-electron chi connectivity index (χ0n) is 18.2. The van der Waals surface area contributed by atoms with E-state index in [1.54, 1.807) is 18.5 Å². The van der Waals surface area contributed by atoms with Gasteiger partial charge in [-0.25, -0.2) is 9.97 Å². The highest BCUT2D eigenvalue weighted by Gasteiger charge is 2.40. The van der Waals surface area contributed by atoms with E-state index in [-0.39, 0.29) is 5.91 Å². The van der Waals surface area contributed by atoms with Crippen molar-refractivity contribution < 1.29 is 13.9 Å². The number of nitrogens with zero attached hydrogens (tertiary/aromatic N) is 2. The van der Waals surface area contributed by atoms with E-state index in [9.17, 15) is 13.9 Å². The fraction of sp³-hybridized carbons (Fsp3) is 0.320. The largest absolute Gasteiger partial charge is 0.322 e. The van der Waals surface area contributed by atoms with Gasteiger partial charge < -0.3 is 10.6 Å². The number of anilines is 1. The SMILES string of the molecule is O=C(Nc1ccc(-c2ncccn2)cc1)c1cccc(C2CC2NC2CCS(O)(O)CC2)c1. The van der Waals surface area contributed by atoms with Crippen molar-refractivity contribution in [1.82, 2.24) is 15.3 Å². The Kier molecular flexibility index (Phi) is 6.16. The molecule has 172 valence electrons. The molecular weight excluding hydrogens is 436 g/mol. The summed E-state index contributed by atoms with van der Waals surface area (Å²) in [5.74, 6) is 1.90. The lowest BCUT2D eigenvalue weighted by atomic mass is 10.1. The van der Waals surface area contributed by atoms with Crippen LogP contribution in [0.4, 0.5) is 5.69 Å². The number of aromatic nitrogens is 2. The number of benzene rings is 2. The molecule has 1 saturated carbocycles. The van der Waals surface area contributed by atoms with Crippen molar-refractivity contribution in [2.24, 2.45) is 0 Å². The van der Waals surface area contributed by atoms with Crippen molar-refractivity contribution in [2.75, 3.05) is 16.8 Å². The fourth-order valence-corrected chi connectivity index (χ4v) is 5.92. The third-order valence-electron chi connectivity index (χ3n) is 6.37. The maximum Gasteiger partial charge on any atom is 0.255 e. The molecule has 2 fully saturated rings. The smallest absolute Gasteiger partial charge is 0.255 e. The average Bonchev–Trinajstić information content (AvgIpc) is 3.61. The van der Waals surface area contributed by atoms with Crippen LogP contribution in [0.25, 0.3) is 11.4 Å². The number of carbonyl (C=O) groups is 1. The third kappa shape index (κ3) is 5.42. The maximum atomic E-state index is 12.8. The number of amides is 1. The summed E-state index contributed by atoms with van der Waals surface area (Å²) in [6.07, 6.45) is 6.07. The van der Waals surface area contributed by atoms with Crippen molar-refractivity contribution in [1.29, 1.82) is 0 Å². The van der Waals surface area contributed by atoms with E-state index in [1.165, 1.54) is 0 Å². The molecule has 2 aliphatic rings. The molecule has 3 aromatic rings. The molecule has 2 atom stereocenters. The highest BCUT2D eigenvalue weighted by atomic mass is 32.3. The number of hydrogen-bond acceptors (Lipinski definition) is 6. The van der Waals surface area contributed by atoms with Gasteiger partial charge >= 0.3 is 0 Å². The van der Waals surface area contributed by atoms with Crippen LogP contribution in [0.2, 0.25) is 0 Å². The Hall–Kier alpha value is -2.78. The normalized spacial score (nSPS) is 23.0. The Morgan fingerprint density at radius 3 is 2.42 bits per heavy atom. The predicted molar refractivity (Wildman–Crippen MR) is 132 cm³/mol. The first kappa shape index (κ1) is 22.0. The van der Waals surface area contributed by atoms with Crippen LogP contribution in [0.15, 0.2) is 67.0 Å². The molecule has 7 nitrogen and oxygen atoms in total. The number of rotatable bonds is 6. The van der Waals surface area contributed by atoms with Crippen LogP contribution in [-0.2, 0) is 0 Å². The van der Waals surface area contributed by atoms with E-state index in [1.807, 2.05) is 42.5 Å². The van der Waals surface area contributed by atoms with Crippen LogP contribution in [0.1, 0.15) is 41.1 Å². The van der Waals surface area contributed by atoms with Gasteiger partial charge in [-0.05, 0) is 67.3 Å². The standard InChI is InChI=1S/C25H28N4O3S/c30-25(29-20-7-5-17(6-8-20)24-26-11-2-12-27-24)19-4-1-3-18(15-19)22-16-23(22)28-21-9-13-33(31,32)14-10-21/h1-8,11-12,15,21-23,28,31-32H,9-10,13-14,16H2,(H,29,30). The van der Waals surface area contributed by atoms with Gasteiger partial charge in [0.2, 0.25) is 0 Å². The van der Waals surface area contributed by atoms with Crippen molar-refractivity contribution >= 4 is 22.2 Å². The highest BCUT2D eigenvalue weighted by molar-refractivity contribution is 8.24. The van der Waals surface area contributed by atoms with Gasteiger partial charge in [0.05, 0.1) is 0 Å². The maximum absolute atomic E-state index is 12.8. The van der Waals surface area contributed by atoms with Crippen LogP contribution >= 0.6 is 10.6 Å². The zero-order chi connectivity index (χ0) is 22.8. The van der Waals surface area contributed by atoms with Crippen molar-refractivity contribution in [3.05, 3.63) is 78.1 Å². The Balaban J connectivity index is 1.18. The average molecular weight is 465 g/mol. The van der Waals surface area contributed by atoms with Crippen molar-refractivity contribution in [3.63, 3.8) is 0 Å². The second-order valence-electron chi connectivity index (χ2n) is 8.83. The molecule has 1 saturated heterocycles. The Bertz CT molecular complexity index is 1110. The van der Waals surface area contributed by atoms with E-state index in [4.69, 9.17) is 0 Å². The van der Waals surface area contributed by atoms with Crippen LogP contribution in [-0.4, -0.2) is 48.6 Å². The van der Waals surface area contributed by atoms with E-state index in [0.29, 0.717) is 40.9 Å². The number of hydrogen-bond donors (Lipinski definition) is 4. The van der Waals surface area contributed by atoms with E-state index in [2.05, 4.69) is 26.7 Å². The first-order valence-electron chi connectivity index (χ1n) is 11.3. The molecule has 0 bridgehead atoms. The summed E-state index contributed by atoms with van der Waals surface area (Å²) in [5, 5.41) is 6.63. The lowest BCUT2D eigenvalue weighted by Gasteiger charge is -2.39. The van der Waals surface area contributed by atoms with Gasteiger partial charge in [-0.3, -0.25) is 13.9 Å². The first-order valence-corrected chi connectivity index (χ1v) is 13.1. The second kappa shape index (κ2) is 9.23. The van der Waals surface area contributed by atoms with Crippen LogP contribution in [0.5, 0.6) is 0 Å². The molecule has 33 heavy (non-hydrogen) atoms. The molecule has 2 unspecified atom stereocenters. The molecule has 5 rings (SSSR count). The Morgan fingerprint density at radius 1 is 0.970 bits per heavy atom. The van der Waals surface area contributed by atoms with E-state index in [0.717, 1.165) is 36.1 Å². The van der Waals surface area contributed by atoms with Gasteiger partial charge in [0.1, 0.15) is 0 Å². The monoisotopic (exact) mass is 464 g/mol. The molecule has 2 heterocycles. The zero-order valence-corrected chi connectivity index (χ0v) is 19.0. The third-order valence-corrected chi connectivity index (χ3v) is 8.15. The van der Waals surface area contributed by atoms with Crippen molar-refractivity contribution in [2.45, 2.75) is 37.3 Å². The van der Waals surface area contributed by atoms with Gasteiger partial charge in [0.25, 0.3) is 5.91 Å². The van der Waals surface area contributed by atoms with Gasteiger partial charge in [-0.2, -0.15) is 10.6 Å². The Labute approximate surface area is 195 Å². The molecule has 4 N–H and O–H groups in total. The minimum Gasteiger partial charge on any atom is -0.322 e. The summed E-state index contributed by atoms with van der Waals surface area (Å²) in [4.78, 5) is 21.3. The molecule has 8 heteroatoms. The summed E-state index contributed by atoms with van der Waals surface area (Å²) in [6.45, 7) is 0. The minimum absolute atomic E-state index is 0.136. The number of carbonyl (C=O) groups excluding carboxylic acids is 1. The summed E-state index contributed by atoms with van der Waals surface area (Å²) in [6, 6.07) is 17.8. The summed E-state index contributed by atoms with van der Waals surface area (Å²) < 4.78 is 19.6. The molecule has 1 aliphatic heterocycles. The lowest BCUT2D eigenvalue weighted by Crippen LogP contribution is -2.37. The minimum atomic E-state index is -2.35. The van der Waals surface area contributed by atoms with Crippen LogP contribution in [0.3, 0.4) is 0 Å². The molecule has 0 radical (unpaired) electrons. The van der Waals surface area contributed by atoms with Crippen LogP contribution in [0, 0.1) is 0 Å². The summed E-state index contributed by atoms with van der Waals surface area (Å²) >= 11 is 0. The quantitative estimate of drug-likeness (QED) is 0.419. The molecule has 1 amide bonds. The van der Waals surface area contributed by atoms with Gasteiger partial charge in [0, 0.05) is 58.7 Å². The number of nitrogens with one attached hydrogen (secondary N) is 2. The predicted octanol–water partition coefficient (Wildman–Crippen LogP) is 4.75. The molecule has 1 aliphatic carbocycles. The van der Waals surface area contributed by atoms with Gasteiger partial charge in [0.15, 0.2) is 5.82 Å². The molecule has 2 aromatic carbocycles. The molecule has 1 aromatic heterocycles. The van der Waals surface area contributed by atoms with E-state index >= 15 is 0 Å². The fourth-order valence-electron chi connectivity index (χ4n) is 4.39. The highest BCUT2D eigenvalue weighted by Crippen LogP contribution is 2.46. The van der Waals surface area contributed by atoms with E-state index < -0.39 is 10.6 Å². The van der Waals surface area contributed by atoms with Gasteiger partial charge in [-0.1, -0.05) is 12.1 Å². The first-order chi connectivity index (χ1) is 16.0. The summed E-state index contributed by atoms with van der Waals surface area (Å²) in [5.41, 5.74) is 3.42. The van der Waals surface area contributed by atoms with Crippen molar-refractivity contribution in [3.8, 4) is 11.4 Å².